The number of carbonyl (C=O) groups is 2. The number of allylic oxidation sites excluding steroid dienone is 10. The van der Waals surface area contributed by atoms with Crippen LogP contribution in [0.3, 0.4) is 0 Å². The fourth-order valence-electron chi connectivity index (χ4n) is 7.91. The van der Waals surface area contributed by atoms with Crippen molar-refractivity contribution in [2.75, 3.05) is 19.8 Å². The van der Waals surface area contributed by atoms with Crippen molar-refractivity contribution < 1.29 is 23.8 Å². The summed E-state index contributed by atoms with van der Waals surface area (Å²) in [6, 6.07) is 0. The van der Waals surface area contributed by atoms with Crippen LogP contribution >= 0.6 is 0 Å². The SMILES string of the molecule is CC/C=C\C/C=C\C/C=C\CCCCCCOCC(COC(=O)CCCCCCCCCCCCCCCCCCCCC)OC(=O)CCCCCCC/C=C\C/C=C\CCCCC. The van der Waals surface area contributed by atoms with Crippen molar-refractivity contribution in [2.45, 2.75) is 284 Å². The first-order chi connectivity index (χ1) is 31.6. The molecule has 0 aliphatic carbocycles. The smallest absolute Gasteiger partial charge is 0.306 e. The second-order valence-corrected chi connectivity index (χ2v) is 18.5. The zero-order valence-corrected chi connectivity index (χ0v) is 42.8. The molecule has 64 heavy (non-hydrogen) atoms. The van der Waals surface area contributed by atoms with Gasteiger partial charge in [-0.3, -0.25) is 9.59 Å². The van der Waals surface area contributed by atoms with Crippen molar-refractivity contribution in [2.24, 2.45) is 0 Å². The Balaban J connectivity index is 4.26. The van der Waals surface area contributed by atoms with E-state index in [0.717, 1.165) is 83.5 Å². The van der Waals surface area contributed by atoms with Gasteiger partial charge in [0, 0.05) is 19.4 Å². The van der Waals surface area contributed by atoms with Crippen molar-refractivity contribution in [1.82, 2.24) is 0 Å². The van der Waals surface area contributed by atoms with Crippen molar-refractivity contribution in [1.29, 1.82) is 0 Å². The zero-order valence-electron chi connectivity index (χ0n) is 42.8. The first-order valence-electron chi connectivity index (χ1n) is 27.8. The quantitative estimate of drug-likeness (QED) is 0.0346. The Labute approximate surface area is 398 Å². The van der Waals surface area contributed by atoms with Gasteiger partial charge in [0.25, 0.3) is 0 Å². The minimum atomic E-state index is -0.554. The first kappa shape index (κ1) is 61.6. The molecule has 0 saturated carbocycles. The average molecular weight is 895 g/mol. The number of hydrogen-bond acceptors (Lipinski definition) is 5. The van der Waals surface area contributed by atoms with E-state index in [4.69, 9.17) is 14.2 Å². The maximum atomic E-state index is 12.8. The van der Waals surface area contributed by atoms with Gasteiger partial charge in [-0.25, -0.2) is 0 Å². The summed E-state index contributed by atoms with van der Waals surface area (Å²) in [5.41, 5.74) is 0. The summed E-state index contributed by atoms with van der Waals surface area (Å²) in [6.07, 6.45) is 69.5. The molecule has 0 rings (SSSR count). The van der Waals surface area contributed by atoms with Crippen molar-refractivity contribution >= 4 is 11.9 Å². The van der Waals surface area contributed by atoms with E-state index in [0.29, 0.717) is 19.4 Å². The van der Waals surface area contributed by atoms with Gasteiger partial charge in [0.05, 0.1) is 6.61 Å². The second-order valence-electron chi connectivity index (χ2n) is 18.5. The number of carbonyl (C=O) groups excluding carboxylic acids is 2. The van der Waals surface area contributed by atoms with Gasteiger partial charge >= 0.3 is 11.9 Å². The Kier molecular flexibility index (Phi) is 52.9. The number of ether oxygens (including phenoxy) is 3. The lowest BCUT2D eigenvalue weighted by molar-refractivity contribution is -0.163. The highest BCUT2D eigenvalue weighted by Crippen LogP contribution is 2.16. The van der Waals surface area contributed by atoms with E-state index in [1.54, 1.807) is 0 Å². The standard InChI is InChI=1S/C59H106O5/c1-4-7-10-13-16-19-22-25-28-29-30-31-33-34-37-40-43-46-49-52-58(60)63-56-57(55-62-54-51-48-45-42-39-36-27-24-21-18-15-12-9-6-3)64-59(61)53-50-47-44-41-38-35-32-26-23-20-17-14-11-8-5-2/h9,12,17-18,20-21,26-27,32,36,57H,4-8,10-11,13-16,19,22-25,28-31,33-35,37-56H2,1-3H3/b12-9-,20-17-,21-18-,32-26-,36-27-. The highest BCUT2D eigenvalue weighted by atomic mass is 16.6. The van der Waals surface area contributed by atoms with E-state index in [1.165, 1.54) is 161 Å². The van der Waals surface area contributed by atoms with Gasteiger partial charge in [-0.2, -0.15) is 0 Å². The predicted octanol–water partition coefficient (Wildman–Crippen LogP) is 18.9. The molecule has 0 spiro atoms. The Bertz CT molecular complexity index is 1100. The lowest BCUT2D eigenvalue weighted by Crippen LogP contribution is -2.30. The van der Waals surface area contributed by atoms with Crippen LogP contribution in [0.15, 0.2) is 60.8 Å². The van der Waals surface area contributed by atoms with Gasteiger partial charge in [0.15, 0.2) is 6.10 Å². The summed E-state index contributed by atoms with van der Waals surface area (Å²) in [5.74, 6) is -0.415. The topological polar surface area (TPSA) is 61.8 Å². The maximum Gasteiger partial charge on any atom is 0.306 e. The molecule has 0 aliphatic rings. The Morgan fingerprint density at radius 3 is 1.16 bits per heavy atom. The molecule has 0 aromatic heterocycles. The average Bonchev–Trinajstić information content (AvgIpc) is 3.30. The largest absolute Gasteiger partial charge is 0.462 e. The van der Waals surface area contributed by atoms with Crippen LogP contribution in [0.2, 0.25) is 0 Å². The lowest BCUT2D eigenvalue weighted by atomic mass is 10.0. The summed E-state index contributed by atoms with van der Waals surface area (Å²) in [7, 11) is 0. The molecule has 0 amide bonds. The minimum Gasteiger partial charge on any atom is -0.462 e. The summed E-state index contributed by atoms with van der Waals surface area (Å²) < 4.78 is 17.4. The molecule has 0 N–H and O–H groups in total. The molecule has 0 fully saturated rings. The molecule has 0 bridgehead atoms. The van der Waals surface area contributed by atoms with Crippen LogP contribution in [0.4, 0.5) is 0 Å². The molecule has 1 unspecified atom stereocenters. The number of unbranched alkanes of at least 4 members (excludes halogenated alkanes) is 30. The van der Waals surface area contributed by atoms with Crippen LogP contribution < -0.4 is 0 Å². The Hall–Kier alpha value is -2.40. The monoisotopic (exact) mass is 895 g/mol. The third-order valence-corrected chi connectivity index (χ3v) is 12.0. The molecule has 0 saturated heterocycles. The predicted molar refractivity (Wildman–Crippen MR) is 279 cm³/mol. The van der Waals surface area contributed by atoms with E-state index in [1.807, 2.05) is 0 Å². The fraction of sp³-hybridized carbons (Fsp3) is 0.797. The van der Waals surface area contributed by atoms with E-state index in [-0.39, 0.29) is 25.2 Å². The first-order valence-corrected chi connectivity index (χ1v) is 27.8. The molecule has 5 nitrogen and oxygen atoms in total. The van der Waals surface area contributed by atoms with Gasteiger partial charge in [-0.05, 0) is 83.5 Å². The van der Waals surface area contributed by atoms with Crippen LogP contribution in [0.1, 0.15) is 278 Å². The van der Waals surface area contributed by atoms with Gasteiger partial charge in [0.1, 0.15) is 6.61 Å². The number of rotatable bonds is 51. The van der Waals surface area contributed by atoms with Crippen LogP contribution in [0.25, 0.3) is 0 Å². The van der Waals surface area contributed by atoms with Crippen molar-refractivity contribution in [3.63, 3.8) is 0 Å². The van der Waals surface area contributed by atoms with E-state index in [9.17, 15) is 9.59 Å². The third-order valence-electron chi connectivity index (χ3n) is 12.0. The number of esters is 2. The minimum absolute atomic E-state index is 0.0723. The van der Waals surface area contributed by atoms with Crippen LogP contribution in [0.5, 0.6) is 0 Å². The molecule has 5 heteroatoms. The number of hydrogen-bond donors (Lipinski definition) is 0. The molecule has 372 valence electrons. The Morgan fingerprint density at radius 2 is 0.703 bits per heavy atom. The third kappa shape index (κ3) is 52.2. The summed E-state index contributed by atoms with van der Waals surface area (Å²) >= 11 is 0. The molecule has 0 aromatic carbocycles. The normalized spacial score (nSPS) is 12.6. The fourth-order valence-corrected chi connectivity index (χ4v) is 7.91. The molecule has 0 aliphatic heterocycles. The van der Waals surface area contributed by atoms with Gasteiger partial charge < -0.3 is 14.2 Å². The second kappa shape index (κ2) is 54.9. The highest BCUT2D eigenvalue weighted by molar-refractivity contribution is 5.70. The zero-order chi connectivity index (χ0) is 46.3. The summed E-state index contributed by atoms with van der Waals surface area (Å²) in [6.45, 7) is 7.66. The summed E-state index contributed by atoms with van der Waals surface area (Å²) in [4.78, 5) is 25.5. The van der Waals surface area contributed by atoms with E-state index in [2.05, 4.69) is 81.5 Å². The highest BCUT2D eigenvalue weighted by Gasteiger charge is 2.17. The van der Waals surface area contributed by atoms with E-state index >= 15 is 0 Å². The van der Waals surface area contributed by atoms with E-state index < -0.39 is 6.10 Å². The van der Waals surface area contributed by atoms with Gasteiger partial charge in [-0.1, -0.05) is 242 Å². The molecular formula is C59H106O5. The summed E-state index contributed by atoms with van der Waals surface area (Å²) in [5, 5.41) is 0. The Morgan fingerprint density at radius 1 is 0.359 bits per heavy atom. The molecule has 0 radical (unpaired) electrons. The lowest BCUT2D eigenvalue weighted by Gasteiger charge is -2.18. The van der Waals surface area contributed by atoms with Crippen molar-refractivity contribution in [3.05, 3.63) is 60.8 Å². The molecule has 1 atom stereocenters. The molecule has 0 aromatic rings. The van der Waals surface area contributed by atoms with Crippen LogP contribution in [-0.2, 0) is 23.8 Å². The van der Waals surface area contributed by atoms with Gasteiger partial charge in [0.2, 0.25) is 0 Å². The van der Waals surface area contributed by atoms with Crippen molar-refractivity contribution in [3.8, 4) is 0 Å². The molecule has 0 heterocycles. The maximum absolute atomic E-state index is 12.8. The van der Waals surface area contributed by atoms with Gasteiger partial charge in [-0.15, -0.1) is 0 Å². The van der Waals surface area contributed by atoms with Crippen LogP contribution in [0, 0.1) is 0 Å². The molecular weight excluding hydrogens is 789 g/mol. The van der Waals surface area contributed by atoms with Crippen LogP contribution in [-0.4, -0.2) is 37.9 Å².